The van der Waals surface area contributed by atoms with Gasteiger partial charge in [0.05, 0.1) is 0 Å². The molecule has 0 amide bonds. The van der Waals surface area contributed by atoms with Crippen LogP contribution in [0.25, 0.3) is 0 Å². The van der Waals surface area contributed by atoms with Crippen LogP contribution in [0.4, 0.5) is 0 Å². The normalized spacial score (nSPS) is 9.28. The van der Waals surface area contributed by atoms with Crippen molar-refractivity contribution in [2.24, 2.45) is 0 Å². The Bertz CT molecular complexity index is 342. The fourth-order valence-corrected chi connectivity index (χ4v) is 0.955. The van der Waals surface area contributed by atoms with E-state index in [1.165, 1.54) is 11.1 Å². The molecule has 0 N–H and O–H groups in total. The molecule has 0 bridgehead atoms. The van der Waals surface area contributed by atoms with Crippen molar-refractivity contribution in [3.05, 3.63) is 85.5 Å². The minimum Gasteiger partial charge on any atom is -0.106 e. The molecule has 0 aromatic heterocycles. The topological polar surface area (TPSA) is 0 Å². The first-order valence-electron chi connectivity index (χ1n) is 6.19. The van der Waals surface area contributed by atoms with Gasteiger partial charge in [-0.15, -0.1) is 13.2 Å². The molecule has 0 aliphatic carbocycles. The van der Waals surface area contributed by atoms with Crippen molar-refractivity contribution in [2.45, 2.75) is 27.2 Å². The molecule has 0 heteroatoms. The van der Waals surface area contributed by atoms with Crippen LogP contribution in [0.1, 0.15) is 25.8 Å². The summed E-state index contributed by atoms with van der Waals surface area (Å²) in [6, 6.07) is 10.3. The van der Waals surface area contributed by atoms with Gasteiger partial charge in [-0.3, -0.25) is 0 Å². The molecular weight excluding hydrogens is 216 g/mol. The van der Waals surface area contributed by atoms with Gasteiger partial charge in [-0.25, -0.2) is 0 Å². The van der Waals surface area contributed by atoms with Crippen LogP contribution in [0.2, 0.25) is 0 Å². The standard InChI is InChI=1S/C9H14.C7H8.C2H4/c1-4-6-7-8-9(3)5-2;1-7-5-3-2-4-6-7;1-2/h4,6-8H,3,5H2,1-2H3;2-6H,1H3;1-2H2/b6-4-,8-7-;;. The highest BCUT2D eigenvalue weighted by atomic mass is 13.8. The van der Waals surface area contributed by atoms with Crippen LogP contribution in [-0.4, -0.2) is 0 Å². The van der Waals surface area contributed by atoms with Gasteiger partial charge in [0.1, 0.15) is 0 Å². The van der Waals surface area contributed by atoms with Crippen molar-refractivity contribution in [2.75, 3.05) is 0 Å². The van der Waals surface area contributed by atoms with Crippen molar-refractivity contribution in [3.63, 3.8) is 0 Å². The lowest BCUT2D eigenvalue weighted by molar-refractivity contribution is 1.16. The van der Waals surface area contributed by atoms with E-state index in [4.69, 9.17) is 0 Å². The first kappa shape index (κ1) is 18.5. The molecule has 0 saturated heterocycles. The van der Waals surface area contributed by atoms with E-state index in [-0.39, 0.29) is 0 Å². The molecule has 0 spiro atoms. The maximum atomic E-state index is 3.82. The van der Waals surface area contributed by atoms with E-state index < -0.39 is 0 Å². The second-order valence-corrected chi connectivity index (χ2v) is 3.55. The van der Waals surface area contributed by atoms with Gasteiger partial charge < -0.3 is 0 Å². The van der Waals surface area contributed by atoms with Crippen molar-refractivity contribution >= 4 is 0 Å². The highest BCUT2D eigenvalue weighted by Crippen LogP contribution is 1.97. The monoisotopic (exact) mass is 242 g/mol. The molecule has 0 saturated carbocycles. The Morgan fingerprint density at radius 3 is 2.00 bits per heavy atom. The molecule has 0 aliphatic rings. The fraction of sp³-hybridized carbons (Fsp3) is 0.222. The molecule has 1 aromatic carbocycles. The van der Waals surface area contributed by atoms with E-state index in [1.54, 1.807) is 0 Å². The number of allylic oxidation sites excluding steroid dienone is 5. The first-order valence-corrected chi connectivity index (χ1v) is 6.19. The zero-order valence-corrected chi connectivity index (χ0v) is 12.0. The molecule has 98 valence electrons. The lowest BCUT2D eigenvalue weighted by Gasteiger charge is -1.86. The van der Waals surface area contributed by atoms with Crippen molar-refractivity contribution in [1.29, 1.82) is 0 Å². The predicted octanol–water partition coefficient (Wildman–Crippen LogP) is 5.88. The summed E-state index contributed by atoms with van der Waals surface area (Å²) in [5.74, 6) is 0. The van der Waals surface area contributed by atoms with Gasteiger partial charge in [0.2, 0.25) is 0 Å². The van der Waals surface area contributed by atoms with Crippen LogP contribution in [-0.2, 0) is 0 Å². The minimum atomic E-state index is 1.04. The Morgan fingerprint density at radius 1 is 1.11 bits per heavy atom. The molecule has 0 radical (unpaired) electrons. The van der Waals surface area contributed by atoms with Crippen LogP contribution in [0.3, 0.4) is 0 Å². The first-order chi connectivity index (χ1) is 8.70. The SMILES string of the molecule is C=C.C=C(/C=C\C=C/C)CC.Cc1ccccc1. The third-order valence-electron chi connectivity index (χ3n) is 2.03. The molecule has 0 nitrogen and oxygen atoms in total. The summed E-state index contributed by atoms with van der Waals surface area (Å²) < 4.78 is 0. The molecule has 0 fully saturated rings. The van der Waals surface area contributed by atoms with Crippen LogP contribution >= 0.6 is 0 Å². The molecule has 1 rings (SSSR count). The smallest absolute Gasteiger partial charge is 0.0313 e. The Balaban J connectivity index is 0. The highest BCUT2D eigenvalue weighted by Gasteiger charge is 1.76. The number of hydrogen-bond acceptors (Lipinski definition) is 0. The van der Waals surface area contributed by atoms with Crippen molar-refractivity contribution in [1.82, 2.24) is 0 Å². The van der Waals surface area contributed by atoms with Crippen molar-refractivity contribution < 1.29 is 0 Å². The van der Waals surface area contributed by atoms with Gasteiger partial charge in [-0.1, -0.05) is 79.3 Å². The maximum absolute atomic E-state index is 3.82. The van der Waals surface area contributed by atoms with E-state index in [2.05, 4.69) is 45.7 Å². The van der Waals surface area contributed by atoms with E-state index in [0.29, 0.717) is 0 Å². The second kappa shape index (κ2) is 15.2. The van der Waals surface area contributed by atoms with Gasteiger partial charge in [0.25, 0.3) is 0 Å². The quantitative estimate of drug-likeness (QED) is 0.458. The Hall–Kier alpha value is -1.82. The molecule has 0 heterocycles. The van der Waals surface area contributed by atoms with Crippen molar-refractivity contribution in [3.8, 4) is 0 Å². The van der Waals surface area contributed by atoms with E-state index in [0.717, 1.165) is 6.42 Å². The number of hydrogen-bond donors (Lipinski definition) is 0. The predicted molar refractivity (Wildman–Crippen MR) is 85.8 cm³/mol. The van der Waals surface area contributed by atoms with Gasteiger partial charge in [-0.05, 0) is 20.3 Å². The van der Waals surface area contributed by atoms with Crippen LogP contribution in [0, 0.1) is 6.92 Å². The number of aryl methyl sites for hydroxylation is 1. The number of benzene rings is 1. The van der Waals surface area contributed by atoms with Gasteiger partial charge in [-0.2, -0.15) is 0 Å². The summed E-state index contributed by atoms with van der Waals surface area (Å²) in [6.07, 6.45) is 9.07. The molecule has 0 aliphatic heterocycles. The van der Waals surface area contributed by atoms with Gasteiger partial charge in [0, 0.05) is 0 Å². The maximum Gasteiger partial charge on any atom is -0.0313 e. The fourth-order valence-electron chi connectivity index (χ4n) is 0.955. The highest BCUT2D eigenvalue weighted by molar-refractivity contribution is 5.18. The zero-order chi connectivity index (χ0) is 14.2. The molecule has 1 aromatic rings. The minimum absolute atomic E-state index is 1.04. The summed E-state index contributed by atoms with van der Waals surface area (Å²) >= 11 is 0. The zero-order valence-electron chi connectivity index (χ0n) is 12.0. The van der Waals surface area contributed by atoms with E-state index >= 15 is 0 Å². The van der Waals surface area contributed by atoms with Crippen LogP contribution < -0.4 is 0 Å². The van der Waals surface area contributed by atoms with E-state index in [1.807, 2.05) is 49.4 Å². The largest absolute Gasteiger partial charge is 0.106 e. The third kappa shape index (κ3) is 14.2. The Labute approximate surface area is 113 Å². The average Bonchev–Trinajstić information content (AvgIpc) is 2.43. The molecular formula is C18H26. The van der Waals surface area contributed by atoms with Crippen LogP contribution in [0.5, 0.6) is 0 Å². The van der Waals surface area contributed by atoms with Gasteiger partial charge >= 0.3 is 0 Å². The average molecular weight is 242 g/mol. The summed E-state index contributed by atoms with van der Waals surface area (Å²) in [4.78, 5) is 0. The Morgan fingerprint density at radius 2 is 1.67 bits per heavy atom. The lowest BCUT2D eigenvalue weighted by Crippen LogP contribution is -1.66. The lowest BCUT2D eigenvalue weighted by atomic mass is 10.2. The summed E-state index contributed by atoms with van der Waals surface area (Å²) in [5.41, 5.74) is 2.50. The summed E-state index contributed by atoms with van der Waals surface area (Å²) in [6.45, 7) is 16.0. The molecule has 0 unspecified atom stereocenters. The third-order valence-corrected chi connectivity index (χ3v) is 2.03. The summed E-state index contributed by atoms with van der Waals surface area (Å²) in [5, 5.41) is 0. The second-order valence-electron chi connectivity index (χ2n) is 3.55. The molecule has 18 heavy (non-hydrogen) atoms. The number of rotatable bonds is 3. The molecule has 0 atom stereocenters. The van der Waals surface area contributed by atoms with Gasteiger partial charge in [0.15, 0.2) is 0 Å². The van der Waals surface area contributed by atoms with E-state index in [9.17, 15) is 0 Å². The summed E-state index contributed by atoms with van der Waals surface area (Å²) in [7, 11) is 0. The van der Waals surface area contributed by atoms with Crippen LogP contribution in [0.15, 0.2) is 79.9 Å². The Kier molecular flexibility index (Phi) is 15.6.